The number of likely N-dealkylation sites (tertiary alicyclic amines) is 1. The van der Waals surface area contributed by atoms with Gasteiger partial charge in [-0.25, -0.2) is 0 Å². The average molecular weight is 432 g/mol. The van der Waals surface area contributed by atoms with Crippen LogP contribution in [0.4, 0.5) is 0 Å². The van der Waals surface area contributed by atoms with Crippen molar-refractivity contribution in [1.82, 2.24) is 5.32 Å². The molecule has 1 amide bonds. The first kappa shape index (κ1) is 24.1. The molecule has 1 unspecified atom stereocenters. The molecule has 5 nitrogen and oxygen atoms in total. The van der Waals surface area contributed by atoms with Gasteiger partial charge in [0.05, 0.1) is 19.3 Å². The molecule has 1 aromatic carbocycles. The van der Waals surface area contributed by atoms with Gasteiger partial charge in [-0.3, -0.25) is 4.79 Å². The highest BCUT2D eigenvalue weighted by Crippen LogP contribution is 2.44. The summed E-state index contributed by atoms with van der Waals surface area (Å²) in [4.78, 5) is 14.2. The molecule has 3 N–H and O–H groups in total. The standard InChI is InChI=1S/C26H42N2O3/c1-4-6-9-20(5-2)18-27-24(29)19-28-17-16-26(30)15-8-7-10-23(26)25(28)21-11-13-22(31-3)14-12-21/h11-14,20,23,25,30H,4-10,15-19H2,1-3H3,(H,27,29)/p+1/t20-,23-,25+,26-/m1/s1. The Bertz CT molecular complexity index is 692. The number of benzene rings is 1. The summed E-state index contributed by atoms with van der Waals surface area (Å²) in [7, 11) is 1.68. The Hall–Kier alpha value is -1.59. The lowest BCUT2D eigenvalue weighted by Gasteiger charge is -2.50. The maximum absolute atomic E-state index is 12.9. The average Bonchev–Trinajstić information content (AvgIpc) is 2.79. The predicted octanol–water partition coefficient (Wildman–Crippen LogP) is 3.28. The summed E-state index contributed by atoms with van der Waals surface area (Å²) in [6.45, 7) is 6.53. The number of rotatable bonds is 10. The Morgan fingerprint density at radius 2 is 2.03 bits per heavy atom. The van der Waals surface area contributed by atoms with Crippen molar-refractivity contribution in [1.29, 1.82) is 0 Å². The van der Waals surface area contributed by atoms with Crippen LogP contribution in [0.1, 0.15) is 83.2 Å². The van der Waals surface area contributed by atoms with Crippen molar-refractivity contribution in [3.05, 3.63) is 29.8 Å². The number of hydrogen-bond donors (Lipinski definition) is 3. The molecule has 2 aliphatic rings. The maximum atomic E-state index is 12.9. The van der Waals surface area contributed by atoms with Gasteiger partial charge in [-0.1, -0.05) is 46.0 Å². The van der Waals surface area contributed by atoms with Crippen LogP contribution < -0.4 is 15.0 Å². The minimum Gasteiger partial charge on any atom is -0.497 e. The molecule has 5 atom stereocenters. The van der Waals surface area contributed by atoms with Crippen LogP contribution in [0.3, 0.4) is 0 Å². The van der Waals surface area contributed by atoms with Gasteiger partial charge in [0.15, 0.2) is 6.54 Å². The summed E-state index contributed by atoms with van der Waals surface area (Å²) in [5, 5.41) is 14.6. The van der Waals surface area contributed by atoms with Crippen LogP contribution in [0.15, 0.2) is 24.3 Å². The van der Waals surface area contributed by atoms with E-state index in [1.165, 1.54) is 29.7 Å². The number of carbonyl (C=O) groups is 1. The van der Waals surface area contributed by atoms with E-state index in [2.05, 4.69) is 31.3 Å². The highest BCUT2D eigenvalue weighted by atomic mass is 16.5. The van der Waals surface area contributed by atoms with Crippen LogP contribution in [0.25, 0.3) is 0 Å². The number of hydrogen-bond acceptors (Lipinski definition) is 3. The number of piperidine rings is 1. The highest BCUT2D eigenvalue weighted by Gasteiger charge is 2.51. The Labute approximate surface area is 188 Å². The maximum Gasteiger partial charge on any atom is 0.275 e. The van der Waals surface area contributed by atoms with Gasteiger partial charge in [0.1, 0.15) is 11.8 Å². The SMILES string of the molecule is CCCC[C@@H](CC)CNC(=O)C[NH+]1CC[C@]2(O)CCCC[C@@H]2[C@@H]1c1ccc(OC)cc1. The largest absolute Gasteiger partial charge is 0.497 e. The molecule has 1 saturated heterocycles. The van der Waals surface area contributed by atoms with Crippen molar-refractivity contribution < 1.29 is 19.5 Å². The lowest BCUT2D eigenvalue weighted by molar-refractivity contribution is -0.937. The van der Waals surface area contributed by atoms with Crippen molar-refractivity contribution in [2.45, 2.75) is 83.3 Å². The number of amides is 1. The number of quaternary nitrogens is 1. The fourth-order valence-electron chi connectivity index (χ4n) is 5.80. The van der Waals surface area contributed by atoms with E-state index < -0.39 is 5.60 Å². The number of carbonyl (C=O) groups excluding carboxylic acids is 1. The Balaban J connectivity index is 1.71. The van der Waals surface area contributed by atoms with Crippen molar-refractivity contribution in [2.24, 2.45) is 11.8 Å². The molecular weight excluding hydrogens is 388 g/mol. The minimum atomic E-state index is -0.587. The molecule has 1 heterocycles. The molecule has 1 saturated carbocycles. The summed E-state index contributed by atoms with van der Waals surface area (Å²) in [5.41, 5.74) is 0.624. The monoisotopic (exact) mass is 431 g/mol. The van der Waals surface area contributed by atoms with E-state index in [-0.39, 0.29) is 17.9 Å². The van der Waals surface area contributed by atoms with Gasteiger partial charge in [0, 0.05) is 24.4 Å². The first-order chi connectivity index (χ1) is 15.0. The summed E-state index contributed by atoms with van der Waals surface area (Å²) in [6, 6.07) is 8.41. The van der Waals surface area contributed by atoms with Gasteiger partial charge in [-0.05, 0) is 49.4 Å². The van der Waals surface area contributed by atoms with E-state index >= 15 is 0 Å². The summed E-state index contributed by atoms with van der Waals surface area (Å²) in [6.07, 6.45) is 9.71. The van der Waals surface area contributed by atoms with Crippen LogP contribution in [-0.2, 0) is 4.79 Å². The zero-order chi connectivity index (χ0) is 22.3. The van der Waals surface area contributed by atoms with Crippen molar-refractivity contribution in [3.8, 4) is 5.75 Å². The molecule has 3 rings (SSSR count). The third-order valence-electron chi connectivity index (χ3n) is 7.78. The van der Waals surface area contributed by atoms with E-state index in [4.69, 9.17) is 4.74 Å². The van der Waals surface area contributed by atoms with Crippen molar-refractivity contribution in [2.75, 3.05) is 26.7 Å². The second kappa shape index (κ2) is 11.3. The van der Waals surface area contributed by atoms with Crippen molar-refractivity contribution >= 4 is 5.91 Å². The normalized spacial score (nSPS) is 29.1. The lowest BCUT2D eigenvalue weighted by Crippen LogP contribution is -3.16. The lowest BCUT2D eigenvalue weighted by atomic mass is 9.66. The number of unbranched alkanes of at least 4 members (excludes halogenated alkanes) is 1. The molecular formula is C26H43N2O3+. The zero-order valence-corrected chi connectivity index (χ0v) is 19.8. The predicted molar refractivity (Wildman–Crippen MR) is 124 cm³/mol. The number of nitrogens with one attached hydrogen (secondary N) is 2. The van der Waals surface area contributed by atoms with E-state index in [0.717, 1.165) is 57.4 Å². The van der Waals surface area contributed by atoms with Gasteiger partial charge >= 0.3 is 0 Å². The molecule has 174 valence electrons. The van der Waals surface area contributed by atoms with Gasteiger partial charge in [0.2, 0.25) is 0 Å². The zero-order valence-electron chi connectivity index (χ0n) is 19.8. The van der Waals surface area contributed by atoms with Crippen LogP contribution in [0.5, 0.6) is 5.75 Å². The quantitative estimate of drug-likeness (QED) is 0.533. The molecule has 31 heavy (non-hydrogen) atoms. The fourth-order valence-corrected chi connectivity index (χ4v) is 5.80. The van der Waals surface area contributed by atoms with Crippen LogP contribution >= 0.6 is 0 Å². The first-order valence-corrected chi connectivity index (χ1v) is 12.5. The molecule has 0 spiro atoms. The van der Waals surface area contributed by atoms with Crippen LogP contribution in [0.2, 0.25) is 0 Å². The molecule has 1 aliphatic carbocycles. The minimum absolute atomic E-state index is 0.143. The van der Waals surface area contributed by atoms with Gasteiger partial charge in [-0.2, -0.15) is 0 Å². The summed E-state index contributed by atoms with van der Waals surface area (Å²) in [5.74, 6) is 1.76. The van der Waals surface area contributed by atoms with E-state index in [9.17, 15) is 9.90 Å². The molecule has 1 aromatic rings. The first-order valence-electron chi connectivity index (χ1n) is 12.5. The number of aliphatic hydroxyl groups is 1. The second-order valence-corrected chi connectivity index (χ2v) is 9.76. The molecule has 2 fully saturated rings. The summed E-state index contributed by atoms with van der Waals surface area (Å²) >= 11 is 0. The van der Waals surface area contributed by atoms with Crippen LogP contribution in [-0.4, -0.2) is 43.4 Å². The number of fused-ring (bicyclic) bond motifs is 1. The Morgan fingerprint density at radius 3 is 2.71 bits per heavy atom. The molecule has 0 bridgehead atoms. The van der Waals surface area contributed by atoms with Crippen LogP contribution in [0, 0.1) is 11.8 Å². The highest BCUT2D eigenvalue weighted by molar-refractivity contribution is 5.76. The number of methoxy groups -OCH3 is 1. The fraction of sp³-hybridized carbons (Fsp3) is 0.731. The van der Waals surface area contributed by atoms with E-state index in [1.807, 2.05) is 12.1 Å². The number of ether oxygens (including phenoxy) is 1. The van der Waals surface area contributed by atoms with Gasteiger partial charge in [-0.15, -0.1) is 0 Å². The molecule has 0 radical (unpaired) electrons. The Morgan fingerprint density at radius 1 is 1.26 bits per heavy atom. The molecule has 5 heteroatoms. The topological polar surface area (TPSA) is 63.0 Å². The summed E-state index contributed by atoms with van der Waals surface area (Å²) < 4.78 is 5.35. The van der Waals surface area contributed by atoms with E-state index in [1.54, 1.807) is 7.11 Å². The second-order valence-electron chi connectivity index (χ2n) is 9.76. The van der Waals surface area contributed by atoms with E-state index in [0.29, 0.717) is 12.5 Å². The Kier molecular flexibility index (Phi) is 8.79. The smallest absolute Gasteiger partial charge is 0.275 e. The molecule has 1 aliphatic heterocycles. The third-order valence-corrected chi connectivity index (χ3v) is 7.78. The van der Waals surface area contributed by atoms with Gasteiger partial charge in [0.25, 0.3) is 5.91 Å². The molecule has 0 aromatic heterocycles. The van der Waals surface area contributed by atoms with Crippen molar-refractivity contribution in [3.63, 3.8) is 0 Å². The third kappa shape index (κ3) is 6.01. The van der Waals surface area contributed by atoms with Gasteiger partial charge < -0.3 is 20.1 Å².